The van der Waals surface area contributed by atoms with Gasteiger partial charge in [0.05, 0.1) is 12.8 Å². The normalized spacial score (nSPS) is 11.1. The van der Waals surface area contributed by atoms with E-state index in [1.54, 1.807) is 37.5 Å². The fourth-order valence-electron chi connectivity index (χ4n) is 1.68. The average Bonchev–Trinajstić information content (AvgIpc) is 2.53. The van der Waals surface area contributed by atoms with Crippen molar-refractivity contribution in [3.8, 4) is 5.88 Å². The first-order valence-corrected chi connectivity index (χ1v) is 7.66. The van der Waals surface area contributed by atoms with E-state index in [0.717, 1.165) is 5.56 Å². The SMILES string of the molecule is CNc1cccnc1S(=O)(=O)NCc1ccc(OC)nc1. The Kier molecular flexibility index (Phi) is 4.71. The van der Waals surface area contributed by atoms with Crippen molar-refractivity contribution in [1.29, 1.82) is 0 Å². The molecule has 2 heterocycles. The Morgan fingerprint density at radius 3 is 2.67 bits per heavy atom. The molecule has 2 aromatic rings. The molecule has 112 valence electrons. The lowest BCUT2D eigenvalue weighted by atomic mass is 10.3. The third kappa shape index (κ3) is 3.67. The van der Waals surface area contributed by atoms with Crippen LogP contribution in [0.15, 0.2) is 41.7 Å². The summed E-state index contributed by atoms with van der Waals surface area (Å²) in [6.07, 6.45) is 2.99. The van der Waals surface area contributed by atoms with Crippen LogP contribution in [0.1, 0.15) is 5.56 Å². The highest BCUT2D eigenvalue weighted by molar-refractivity contribution is 7.89. The first-order valence-electron chi connectivity index (χ1n) is 6.18. The van der Waals surface area contributed by atoms with Crippen LogP contribution in [0.3, 0.4) is 0 Å². The van der Waals surface area contributed by atoms with E-state index in [9.17, 15) is 8.42 Å². The zero-order chi connectivity index (χ0) is 15.3. The van der Waals surface area contributed by atoms with Gasteiger partial charge in [0.15, 0.2) is 5.03 Å². The predicted octanol–water partition coefficient (Wildman–Crippen LogP) is 1.01. The van der Waals surface area contributed by atoms with Gasteiger partial charge >= 0.3 is 0 Å². The molecule has 8 heteroatoms. The summed E-state index contributed by atoms with van der Waals surface area (Å²) in [4.78, 5) is 7.93. The van der Waals surface area contributed by atoms with Crippen LogP contribution in [-0.4, -0.2) is 32.5 Å². The van der Waals surface area contributed by atoms with Gasteiger partial charge in [-0.1, -0.05) is 6.07 Å². The molecule has 2 aromatic heterocycles. The number of anilines is 1. The van der Waals surface area contributed by atoms with Crippen LogP contribution in [0.5, 0.6) is 5.88 Å². The number of nitrogens with zero attached hydrogens (tertiary/aromatic N) is 2. The monoisotopic (exact) mass is 308 g/mol. The lowest BCUT2D eigenvalue weighted by molar-refractivity contribution is 0.397. The van der Waals surface area contributed by atoms with Crippen molar-refractivity contribution >= 4 is 15.7 Å². The Hall–Kier alpha value is -2.19. The molecular weight excluding hydrogens is 292 g/mol. The van der Waals surface area contributed by atoms with Crippen LogP contribution >= 0.6 is 0 Å². The molecule has 0 aromatic carbocycles. The van der Waals surface area contributed by atoms with E-state index >= 15 is 0 Å². The minimum absolute atomic E-state index is 0.0334. The summed E-state index contributed by atoms with van der Waals surface area (Å²) in [5.41, 5.74) is 1.17. The highest BCUT2D eigenvalue weighted by Crippen LogP contribution is 2.17. The van der Waals surface area contributed by atoms with Crippen LogP contribution in [0, 0.1) is 0 Å². The van der Waals surface area contributed by atoms with Crippen LogP contribution in [0.25, 0.3) is 0 Å². The molecule has 0 atom stereocenters. The van der Waals surface area contributed by atoms with Crippen molar-refractivity contribution in [2.24, 2.45) is 0 Å². The number of sulfonamides is 1. The number of pyridine rings is 2. The zero-order valence-electron chi connectivity index (χ0n) is 11.7. The second-order valence-corrected chi connectivity index (χ2v) is 5.82. The molecule has 21 heavy (non-hydrogen) atoms. The maximum atomic E-state index is 12.2. The average molecular weight is 308 g/mol. The summed E-state index contributed by atoms with van der Waals surface area (Å²) in [6.45, 7) is 0.124. The largest absolute Gasteiger partial charge is 0.481 e. The number of rotatable bonds is 6. The van der Waals surface area contributed by atoms with Gasteiger partial charge in [0.2, 0.25) is 5.88 Å². The van der Waals surface area contributed by atoms with Gasteiger partial charge in [-0.25, -0.2) is 23.1 Å². The van der Waals surface area contributed by atoms with E-state index in [4.69, 9.17) is 4.74 Å². The highest BCUT2D eigenvalue weighted by atomic mass is 32.2. The van der Waals surface area contributed by atoms with E-state index in [0.29, 0.717) is 11.6 Å². The van der Waals surface area contributed by atoms with E-state index < -0.39 is 10.0 Å². The quantitative estimate of drug-likeness (QED) is 0.827. The summed E-state index contributed by atoms with van der Waals surface area (Å²) in [5, 5.41) is 2.77. The molecule has 0 spiro atoms. The molecular formula is C13H16N4O3S. The van der Waals surface area contributed by atoms with Crippen LogP contribution in [0.2, 0.25) is 0 Å². The summed E-state index contributed by atoms with van der Waals surface area (Å²) in [6, 6.07) is 6.73. The third-order valence-electron chi connectivity index (χ3n) is 2.77. The van der Waals surface area contributed by atoms with Crippen LogP contribution in [0.4, 0.5) is 5.69 Å². The van der Waals surface area contributed by atoms with Gasteiger partial charge in [0, 0.05) is 32.1 Å². The molecule has 0 aliphatic heterocycles. The predicted molar refractivity (Wildman–Crippen MR) is 78.6 cm³/mol. The highest BCUT2D eigenvalue weighted by Gasteiger charge is 2.19. The topological polar surface area (TPSA) is 93.2 Å². The van der Waals surface area contributed by atoms with Crippen LogP contribution in [-0.2, 0) is 16.6 Å². The minimum Gasteiger partial charge on any atom is -0.481 e. The Morgan fingerprint density at radius 2 is 2.05 bits per heavy atom. The Bertz CT molecular complexity index is 702. The van der Waals surface area contributed by atoms with Gasteiger partial charge < -0.3 is 10.1 Å². The molecule has 0 bridgehead atoms. The van der Waals surface area contributed by atoms with Gasteiger partial charge in [-0.15, -0.1) is 0 Å². The van der Waals surface area contributed by atoms with Gasteiger partial charge in [-0.05, 0) is 17.7 Å². The zero-order valence-corrected chi connectivity index (χ0v) is 12.5. The molecule has 0 aliphatic carbocycles. The molecule has 0 saturated carbocycles. The molecule has 2 N–H and O–H groups in total. The van der Waals surface area contributed by atoms with Crippen molar-refractivity contribution < 1.29 is 13.2 Å². The summed E-state index contributed by atoms with van der Waals surface area (Å²) >= 11 is 0. The lowest BCUT2D eigenvalue weighted by Gasteiger charge is -2.10. The van der Waals surface area contributed by atoms with Crippen molar-refractivity contribution in [2.45, 2.75) is 11.6 Å². The molecule has 2 rings (SSSR count). The van der Waals surface area contributed by atoms with Crippen molar-refractivity contribution in [3.05, 3.63) is 42.2 Å². The second kappa shape index (κ2) is 6.51. The fraction of sp³-hybridized carbons (Fsp3) is 0.231. The van der Waals surface area contributed by atoms with Crippen molar-refractivity contribution in [3.63, 3.8) is 0 Å². The maximum Gasteiger partial charge on any atom is 0.260 e. The summed E-state index contributed by atoms with van der Waals surface area (Å²) in [5.74, 6) is 0.476. The van der Waals surface area contributed by atoms with E-state index in [2.05, 4.69) is 20.0 Å². The Balaban J connectivity index is 2.13. The molecule has 0 saturated heterocycles. The standard InChI is InChI=1S/C13H16N4O3S/c1-14-11-4-3-7-15-13(11)21(18,19)17-9-10-5-6-12(20-2)16-8-10/h3-8,14,17H,9H2,1-2H3. The van der Waals surface area contributed by atoms with E-state index in [1.165, 1.54) is 13.3 Å². The summed E-state index contributed by atoms with van der Waals surface area (Å²) in [7, 11) is -0.538. The molecule has 0 unspecified atom stereocenters. The van der Waals surface area contributed by atoms with E-state index in [1.807, 2.05) is 0 Å². The van der Waals surface area contributed by atoms with Gasteiger partial charge in [0.1, 0.15) is 0 Å². The minimum atomic E-state index is -3.70. The maximum absolute atomic E-state index is 12.2. The van der Waals surface area contributed by atoms with Gasteiger partial charge in [-0.3, -0.25) is 0 Å². The number of hydrogen-bond donors (Lipinski definition) is 2. The molecule has 0 radical (unpaired) electrons. The van der Waals surface area contributed by atoms with E-state index in [-0.39, 0.29) is 11.6 Å². The Labute approximate surface area is 123 Å². The second-order valence-electron chi connectivity index (χ2n) is 4.14. The number of hydrogen-bond acceptors (Lipinski definition) is 6. The Morgan fingerprint density at radius 1 is 1.24 bits per heavy atom. The molecule has 0 fully saturated rings. The molecule has 7 nitrogen and oxygen atoms in total. The first-order chi connectivity index (χ1) is 10.1. The van der Waals surface area contributed by atoms with Crippen LogP contribution < -0.4 is 14.8 Å². The van der Waals surface area contributed by atoms with Gasteiger partial charge in [-0.2, -0.15) is 0 Å². The number of methoxy groups -OCH3 is 1. The van der Waals surface area contributed by atoms with Crippen molar-refractivity contribution in [1.82, 2.24) is 14.7 Å². The smallest absolute Gasteiger partial charge is 0.260 e. The molecule has 0 amide bonds. The van der Waals surface area contributed by atoms with Gasteiger partial charge in [0.25, 0.3) is 10.0 Å². The fourth-order valence-corrected chi connectivity index (χ4v) is 2.83. The third-order valence-corrected chi connectivity index (χ3v) is 4.13. The molecule has 0 aliphatic rings. The summed E-state index contributed by atoms with van der Waals surface area (Å²) < 4.78 is 31.9. The first kappa shape index (κ1) is 15.2. The number of ether oxygens (including phenoxy) is 1. The number of nitrogens with one attached hydrogen (secondary N) is 2. The number of aromatic nitrogens is 2. The van der Waals surface area contributed by atoms with Crippen molar-refractivity contribution in [2.75, 3.05) is 19.5 Å². The lowest BCUT2D eigenvalue weighted by Crippen LogP contribution is -2.25.